The lowest BCUT2D eigenvalue weighted by molar-refractivity contribution is 0.0706. The molecule has 0 aliphatic carbocycles. The monoisotopic (exact) mass is 290 g/mol. The third-order valence-electron chi connectivity index (χ3n) is 3.73. The van der Waals surface area contributed by atoms with Gasteiger partial charge in [-0.25, -0.2) is 5.48 Å². The summed E-state index contributed by atoms with van der Waals surface area (Å²) < 4.78 is 5.77. The zero-order valence-electron chi connectivity index (χ0n) is 12.6. The van der Waals surface area contributed by atoms with Gasteiger partial charge < -0.3 is 9.32 Å². The third-order valence-corrected chi connectivity index (χ3v) is 3.73. The molecule has 0 fully saturated rings. The molecule has 0 unspecified atom stereocenters. The lowest BCUT2D eigenvalue weighted by Gasteiger charge is -2.16. The molecule has 2 rings (SSSR count). The molecule has 114 valence electrons. The highest BCUT2D eigenvalue weighted by Gasteiger charge is 2.09. The Hall–Kier alpha value is -1.85. The minimum Gasteiger partial charge on any atom is -0.461 e. The van der Waals surface area contributed by atoms with Gasteiger partial charge in [0.15, 0.2) is 0 Å². The summed E-state index contributed by atoms with van der Waals surface area (Å²) in [5.41, 5.74) is 2.68. The molecule has 0 saturated heterocycles. The van der Waals surface area contributed by atoms with E-state index in [1.54, 1.807) is 17.6 Å². The molecular formula is C16H22N2O3. The Labute approximate surface area is 124 Å². The van der Waals surface area contributed by atoms with Crippen LogP contribution in [0.5, 0.6) is 0 Å². The summed E-state index contributed by atoms with van der Waals surface area (Å²) in [6.45, 7) is 7.52. The fourth-order valence-corrected chi connectivity index (χ4v) is 2.43. The Morgan fingerprint density at radius 2 is 2.05 bits per heavy atom. The Kier molecular flexibility index (Phi) is 5.36. The van der Waals surface area contributed by atoms with Crippen LogP contribution in [0.1, 0.15) is 36.4 Å². The SMILES string of the molecule is CCN(CC)CCCc1cc2ccc(C(=O)NO)cc2o1. The van der Waals surface area contributed by atoms with Crippen LogP contribution < -0.4 is 5.48 Å². The van der Waals surface area contributed by atoms with Gasteiger partial charge in [0.2, 0.25) is 0 Å². The highest BCUT2D eigenvalue weighted by atomic mass is 16.5. The fourth-order valence-electron chi connectivity index (χ4n) is 2.43. The van der Waals surface area contributed by atoms with E-state index in [9.17, 15) is 4.79 Å². The summed E-state index contributed by atoms with van der Waals surface area (Å²) in [7, 11) is 0. The van der Waals surface area contributed by atoms with Crippen molar-refractivity contribution in [1.82, 2.24) is 10.4 Å². The fraction of sp³-hybridized carbons (Fsp3) is 0.438. The van der Waals surface area contributed by atoms with E-state index in [2.05, 4.69) is 18.7 Å². The highest BCUT2D eigenvalue weighted by molar-refractivity contribution is 5.96. The first-order valence-corrected chi connectivity index (χ1v) is 7.37. The average Bonchev–Trinajstić information content (AvgIpc) is 2.92. The van der Waals surface area contributed by atoms with Crippen molar-refractivity contribution in [2.24, 2.45) is 0 Å². The minimum absolute atomic E-state index is 0.383. The molecule has 0 radical (unpaired) electrons. The first-order valence-electron chi connectivity index (χ1n) is 7.37. The Balaban J connectivity index is 2.03. The number of hydrogen-bond acceptors (Lipinski definition) is 4. The molecule has 0 atom stereocenters. The normalized spacial score (nSPS) is 11.2. The summed E-state index contributed by atoms with van der Waals surface area (Å²) >= 11 is 0. The Bertz CT molecular complexity index is 603. The van der Waals surface area contributed by atoms with Crippen molar-refractivity contribution >= 4 is 16.9 Å². The van der Waals surface area contributed by atoms with Gasteiger partial charge in [-0.1, -0.05) is 19.9 Å². The van der Waals surface area contributed by atoms with Gasteiger partial charge in [0.25, 0.3) is 5.91 Å². The van der Waals surface area contributed by atoms with E-state index in [0.29, 0.717) is 11.1 Å². The van der Waals surface area contributed by atoms with Crippen LogP contribution in [-0.2, 0) is 6.42 Å². The second-order valence-electron chi connectivity index (χ2n) is 5.04. The van der Waals surface area contributed by atoms with Crippen LogP contribution in [0.15, 0.2) is 28.7 Å². The van der Waals surface area contributed by atoms with E-state index >= 15 is 0 Å². The number of rotatable bonds is 7. The van der Waals surface area contributed by atoms with E-state index in [1.807, 2.05) is 12.1 Å². The standard InChI is InChI=1S/C16H22N2O3/c1-3-18(4-2)9-5-6-14-10-12-7-8-13(16(19)17-20)11-15(12)21-14/h7-8,10-11,20H,3-6,9H2,1-2H3,(H,17,19). The second-order valence-corrected chi connectivity index (χ2v) is 5.04. The third kappa shape index (κ3) is 3.83. The lowest BCUT2D eigenvalue weighted by atomic mass is 10.1. The van der Waals surface area contributed by atoms with Crippen molar-refractivity contribution in [3.63, 3.8) is 0 Å². The molecule has 5 nitrogen and oxygen atoms in total. The largest absolute Gasteiger partial charge is 0.461 e. The summed E-state index contributed by atoms with van der Waals surface area (Å²) in [6, 6.07) is 7.16. The Morgan fingerprint density at radius 3 is 2.71 bits per heavy atom. The predicted molar refractivity (Wildman–Crippen MR) is 81.6 cm³/mol. The van der Waals surface area contributed by atoms with Crippen molar-refractivity contribution in [3.05, 3.63) is 35.6 Å². The van der Waals surface area contributed by atoms with Crippen LogP contribution in [-0.4, -0.2) is 35.6 Å². The van der Waals surface area contributed by atoms with Gasteiger partial charge in [0.1, 0.15) is 11.3 Å². The van der Waals surface area contributed by atoms with Gasteiger partial charge in [0.05, 0.1) is 0 Å². The molecule has 0 saturated carbocycles. The molecule has 1 amide bonds. The molecule has 0 aliphatic rings. The zero-order valence-corrected chi connectivity index (χ0v) is 12.6. The molecule has 1 heterocycles. The maximum absolute atomic E-state index is 11.4. The van der Waals surface area contributed by atoms with Crippen LogP contribution in [0.3, 0.4) is 0 Å². The van der Waals surface area contributed by atoms with Crippen molar-refractivity contribution in [1.29, 1.82) is 0 Å². The molecule has 2 aromatic rings. The molecule has 0 bridgehead atoms. The lowest BCUT2D eigenvalue weighted by Crippen LogP contribution is -2.24. The van der Waals surface area contributed by atoms with Gasteiger partial charge >= 0.3 is 0 Å². The smallest absolute Gasteiger partial charge is 0.274 e. The van der Waals surface area contributed by atoms with Gasteiger partial charge in [-0.15, -0.1) is 0 Å². The van der Waals surface area contributed by atoms with Crippen molar-refractivity contribution in [2.75, 3.05) is 19.6 Å². The van der Waals surface area contributed by atoms with Gasteiger partial charge in [0, 0.05) is 17.4 Å². The number of carbonyl (C=O) groups is 1. The van der Waals surface area contributed by atoms with Crippen LogP contribution in [0.25, 0.3) is 11.0 Å². The number of hydrogen-bond donors (Lipinski definition) is 2. The molecule has 1 aromatic heterocycles. The first kappa shape index (κ1) is 15.5. The average molecular weight is 290 g/mol. The number of amides is 1. The number of benzene rings is 1. The van der Waals surface area contributed by atoms with E-state index < -0.39 is 5.91 Å². The zero-order chi connectivity index (χ0) is 15.2. The quantitative estimate of drug-likeness (QED) is 0.608. The Morgan fingerprint density at radius 1 is 1.29 bits per heavy atom. The van der Waals surface area contributed by atoms with Gasteiger partial charge in [-0.3, -0.25) is 10.0 Å². The predicted octanol–water partition coefficient (Wildman–Crippen LogP) is 2.83. The van der Waals surface area contributed by atoms with Crippen molar-refractivity contribution < 1.29 is 14.4 Å². The molecule has 21 heavy (non-hydrogen) atoms. The maximum atomic E-state index is 11.4. The summed E-state index contributed by atoms with van der Waals surface area (Å²) in [5, 5.41) is 9.62. The van der Waals surface area contributed by atoms with E-state index in [-0.39, 0.29) is 0 Å². The summed E-state index contributed by atoms with van der Waals surface area (Å²) in [6.07, 6.45) is 1.93. The van der Waals surface area contributed by atoms with E-state index in [1.165, 1.54) is 0 Å². The molecule has 0 spiro atoms. The molecule has 2 N–H and O–H groups in total. The first-order chi connectivity index (χ1) is 10.2. The number of carbonyl (C=O) groups excluding carboxylic acids is 1. The number of aryl methyl sites for hydroxylation is 1. The number of nitrogens with one attached hydrogen (secondary N) is 1. The van der Waals surface area contributed by atoms with Crippen molar-refractivity contribution in [3.8, 4) is 0 Å². The van der Waals surface area contributed by atoms with Gasteiger partial charge in [-0.2, -0.15) is 0 Å². The second kappa shape index (κ2) is 7.24. The summed E-state index contributed by atoms with van der Waals surface area (Å²) in [5.74, 6) is 0.398. The minimum atomic E-state index is -0.531. The van der Waals surface area contributed by atoms with Crippen LogP contribution in [0.2, 0.25) is 0 Å². The van der Waals surface area contributed by atoms with Crippen molar-refractivity contribution in [2.45, 2.75) is 26.7 Å². The molecule has 5 heteroatoms. The number of furan rings is 1. The van der Waals surface area contributed by atoms with Crippen LogP contribution in [0.4, 0.5) is 0 Å². The maximum Gasteiger partial charge on any atom is 0.274 e. The number of nitrogens with zero attached hydrogens (tertiary/aromatic N) is 1. The van der Waals surface area contributed by atoms with E-state index in [0.717, 1.165) is 43.6 Å². The molecule has 1 aromatic carbocycles. The number of fused-ring (bicyclic) bond motifs is 1. The van der Waals surface area contributed by atoms with Crippen LogP contribution in [0, 0.1) is 0 Å². The van der Waals surface area contributed by atoms with Gasteiger partial charge in [-0.05, 0) is 44.3 Å². The summed E-state index contributed by atoms with van der Waals surface area (Å²) in [4.78, 5) is 13.8. The molecular weight excluding hydrogens is 268 g/mol. The number of hydroxylamine groups is 1. The molecule has 0 aliphatic heterocycles. The highest BCUT2D eigenvalue weighted by Crippen LogP contribution is 2.21. The van der Waals surface area contributed by atoms with E-state index in [4.69, 9.17) is 9.62 Å². The van der Waals surface area contributed by atoms with Crippen LogP contribution >= 0.6 is 0 Å². The topological polar surface area (TPSA) is 65.7 Å².